The molecule has 0 amide bonds. The van der Waals surface area contributed by atoms with Crippen LogP contribution in [-0.4, -0.2) is 55.9 Å². The maximum atomic E-state index is 5.26. The fourth-order valence-corrected chi connectivity index (χ4v) is 1.83. The Bertz CT molecular complexity index is 199. The van der Waals surface area contributed by atoms with Gasteiger partial charge >= 0.3 is 0 Å². The molecule has 4 nitrogen and oxygen atoms in total. The monoisotopic (exact) mass is 275 g/mol. The van der Waals surface area contributed by atoms with Crippen LogP contribution in [-0.2, 0) is 4.74 Å². The third-order valence-electron chi connectivity index (χ3n) is 2.79. The third kappa shape index (κ3) is 10.7. The molecule has 0 aromatic rings. The van der Waals surface area contributed by atoms with Gasteiger partial charge in [0.05, 0.1) is 0 Å². The topological polar surface area (TPSA) is 36.5 Å². The van der Waals surface area contributed by atoms with Crippen molar-refractivity contribution in [2.75, 3.05) is 45.9 Å². The molecule has 0 atom stereocenters. The Balaban J connectivity index is 3.31. The number of ether oxygens (including phenoxy) is 1. The summed E-state index contributed by atoms with van der Waals surface area (Å²) in [4.78, 5) is 2.42. The van der Waals surface area contributed by atoms with Gasteiger partial charge in [-0.25, -0.2) is 0 Å². The van der Waals surface area contributed by atoms with Crippen LogP contribution in [0.4, 0.5) is 0 Å². The first-order valence-corrected chi connectivity index (χ1v) is 7.47. The molecule has 0 spiro atoms. The van der Waals surface area contributed by atoms with Crippen molar-refractivity contribution in [3.8, 4) is 0 Å². The van der Waals surface area contributed by atoms with Crippen LogP contribution in [0.5, 0.6) is 0 Å². The van der Waals surface area contributed by atoms with Crippen molar-refractivity contribution in [1.29, 1.82) is 0 Å². The van der Waals surface area contributed by atoms with Gasteiger partial charge in [0.25, 0.3) is 0 Å². The predicted molar refractivity (Wildman–Crippen MR) is 82.1 cm³/mol. The lowest BCUT2D eigenvalue weighted by molar-refractivity contribution is 0.145. The average Bonchev–Trinajstić information content (AvgIpc) is 2.39. The number of thiocarbonyl (C=S) groups is 1. The quantitative estimate of drug-likeness (QED) is 0.442. The summed E-state index contributed by atoms with van der Waals surface area (Å²) in [5.74, 6) is 0. The third-order valence-corrected chi connectivity index (χ3v) is 3.07. The van der Waals surface area contributed by atoms with Crippen LogP contribution >= 0.6 is 12.2 Å². The van der Waals surface area contributed by atoms with Crippen molar-refractivity contribution in [3.05, 3.63) is 0 Å². The summed E-state index contributed by atoms with van der Waals surface area (Å²) in [6.07, 6.45) is 2.12. The van der Waals surface area contributed by atoms with Crippen LogP contribution in [0.25, 0.3) is 0 Å². The molecule has 18 heavy (non-hydrogen) atoms. The van der Waals surface area contributed by atoms with E-state index in [4.69, 9.17) is 17.0 Å². The van der Waals surface area contributed by atoms with Crippen LogP contribution in [0.15, 0.2) is 0 Å². The minimum atomic E-state index is 0.756. The zero-order valence-corrected chi connectivity index (χ0v) is 12.9. The van der Waals surface area contributed by atoms with Gasteiger partial charge < -0.3 is 20.3 Å². The van der Waals surface area contributed by atoms with Crippen molar-refractivity contribution in [2.24, 2.45) is 0 Å². The second-order valence-corrected chi connectivity index (χ2v) is 4.52. The van der Waals surface area contributed by atoms with Gasteiger partial charge in [-0.3, -0.25) is 0 Å². The van der Waals surface area contributed by atoms with E-state index in [0.29, 0.717) is 0 Å². The highest BCUT2D eigenvalue weighted by Crippen LogP contribution is 1.89. The highest BCUT2D eigenvalue weighted by Gasteiger charge is 1.99. The molecule has 0 unspecified atom stereocenters. The van der Waals surface area contributed by atoms with E-state index in [9.17, 15) is 0 Å². The Morgan fingerprint density at radius 1 is 1.06 bits per heavy atom. The van der Waals surface area contributed by atoms with Crippen LogP contribution < -0.4 is 10.6 Å². The van der Waals surface area contributed by atoms with E-state index < -0.39 is 0 Å². The molecule has 108 valence electrons. The Labute approximate surface area is 117 Å². The number of rotatable bonds is 11. The van der Waals surface area contributed by atoms with E-state index >= 15 is 0 Å². The lowest BCUT2D eigenvalue weighted by atomic mass is 10.3. The van der Waals surface area contributed by atoms with Gasteiger partial charge in [0.2, 0.25) is 0 Å². The lowest BCUT2D eigenvalue weighted by Gasteiger charge is -2.18. The Morgan fingerprint density at radius 2 is 1.67 bits per heavy atom. The average molecular weight is 275 g/mol. The molecule has 0 aromatic heterocycles. The zero-order chi connectivity index (χ0) is 13.6. The van der Waals surface area contributed by atoms with Crippen LogP contribution in [0.3, 0.4) is 0 Å². The normalized spacial score (nSPS) is 10.7. The van der Waals surface area contributed by atoms with Crippen molar-refractivity contribution in [1.82, 2.24) is 15.5 Å². The lowest BCUT2D eigenvalue weighted by Crippen LogP contribution is -2.37. The van der Waals surface area contributed by atoms with Gasteiger partial charge in [-0.05, 0) is 51.6 Å². The molecule has 0 aliphatic carbocycles. The molecule has 0 heterocycles. The van der Waals surface area contributed by atoms with E-state index in [1.165, 1.54) is 0 Å². The molecule has 0 bridgehead atoms. The van der Waals surface area contributed by atoms with Gasteiger partial charge in [0, 0.05) is 26.3 Å². The van der Waals surface area contributed by atoms with Crippen LogP contribution in [0.1, 0.15) is 33.6 Å². The molecular weight excluding hydrogens is 246 g/mol. The first-order chi connectivity index (χ1) is 8.74. The zero-order valence-electron chi connectivity index (χ0n) is 12.1. The molecule has 0 radical (unpaired) electrons. The molecule has 2 N–H and O–H groups in total. The maximum absolute atomic E-state index is 5.26. The molecule has 0 saturated heterocycles. The van der Waals surface area contributed by atoms with Gasteiger partial charge in [-0.2, -0.15) is 0 Å². The van der Waals surface area contributed by atoms with Crippen molar-refractivity contribution in [3.63, 3.8) is 0 Å². The molecule has 0 rings (SSSR count). The second kappa shape index (κ2) is 13.1. The summed E-state index contributed by atoms with van der Waals surface area (Å²) in [5.41, 5.74) is 0. The number of hydrogen-bond donors (Lipinski definition) is 2. The highest BCUT2D eigenvalue weighted by atomic mass is 32.1. The van der Waals surface area contributed by atoms with Crippen LogP contribution in [0, 0.1) is 0 Å². The molecule has 0 fully saturated rings. The summed E-state index contributed by atoms with van der Waals surface area (Å²) in [6, 6.07) is 0. The van der Waals surface area contributed by atoms with Gasteiger partial charge in [0.1, 0.15) is 0 Å². The van der Waals surface area contributed by atoms with Crippen LogP contribution in [0.2, 0.25) is 0 Å². The maximum Gasteiger partial charge on any atom is 0.166 e. The molecule has 0 saturated carbocycles. The summed E-state index contributed by atoms with van der Waals surface area (Å²) in [5, 5.41) is 7.17. The Morgan fingerprint density at radius 3 is 2.22 bits per heavy atom. The first-order valence-electron chi connectivity index (χ1n) is 7.06. The number of nitrogens with zero attached hydrogens (tertiary/aromatic N) is 1. The minimum absolute atomic E-state index is 0.756. The molecule has 0 aliphatic rings. The number of hydrogen-bond acceptors (Lipinski definition) is 3. The SMILES string of the molecule is CCOCCCNC(=S)NCCCN(CC)CC. The van der Waals surface area contributed by atoms with E-state index in [0.717, 1.165) is 63.9 Å². The highest BCUT2D eigenvalue weighted by molar-refractivity contribution is 7.80. The molecule has 0 aromatic carbocycles. The Hall–Kier alpha value is -0.390. The summed E-state index contributed by atoms with van der Waals surface area (Å²) >= 11 is 5.19. The summed E-state index contributed by atoms with van der Waals surface area (Å²) < 4.78 is 5.26. The molecular formula is C13H29N3OS. The largest absolute Gasteiger partial charge is 0.382 e. The fourth-order valence-electron chi connectivity index (χ4n) is 1.63. The van der Waals surface area contributed by atoms with E-state index in [1.807, 2.05) is 6.92 Å². The predicted octanol–water partition coefficient (Wildman–Crippen LogP) is 1.61. The van der Waals surface area contributed by atoms with Gasteiger partial charge in [-0.1, -0.05) is 13.8 Å². The second-order valence-electron chi connectivity index (χ2n) is 4.11. The van der Waals surface area contributed by atoms with Crippen molar-refractivity contribution < 1.29 is 4.74 Å². The summed E-state index contributed by atoms with van der Waals surface area (Å²) in [7, 11) is 0. The number of nitrogens with one attached hydrogen (secondary N) is 2. The first kappa shape index (κ1) is 17.6. The smallest absolute Gasteiger partial charge is 0.166 e. The minimum Gasteiger partial charge on any atom is -0.382 e. The fraction of sp³-hybridized carbons (Fsp3) is 0.923. The van der Waals surface area contributed by atoms with E-state index in [2.05, 4.69) is 29.4 Å². The van der Waals surface area contributed by atoms with Crippen molar-refractivity contribution >= 4 is 17.3 Å². The summed E-state index contributed by atoms with van der Waals surface area (Å²) in [6.45, 7) is 13.2. The van der Waals surface area contributed by atoms with Gasteiger partial charge in [0.15, 0.2) is 5.11 Å². The van der Waals surface area contributed by atoms with E-state index in [1.54, 1.807) is 0 Å². The molecule has 5 heteroatoms. The van der Waals surface area contributed by atoms with Gasteiger partial charge in [-0.15, -0.1) is 0 Å². The standard InChI is InChI=1S/C13H29N3OS/c1-4-16(5-2)11-7-9-14-13(18)15-10-8-12-17-6-3/h4-12H2,1-3H3,(H2,14,15,18). The molecule has 0 aliphatic heterocycles. The van der Waals surface area contributed by atoms with Crippen molar-refractivity contribution in [2.45, 2.75) is 33.6 Å². The van der Waals surface area contributed by atoms with E-state index in [-0.39, 0.29) is 0 Å². The Kier molecular flexibility index (Phi) is 12.8.